The Morgan fingerprint density at radius 3 is 0.782 bits per heavy atom. The topological polar surface area (TPSA) is 237 Å². The molecule has 5 atom stereocenters. The summed E-state index contributed by atoms with van der Waals surface area (Å²) in [6.45, 7) is 4.34. The minimum Gasteiger partial charge on any atom is -0.462 e. The molecule has 0 aliphatic carbocycles. The number of unbranched alkanes of at least 4 members (excludes halogenated alkanes) is 15. The molecule has 0 amide bonds. The van der Waals surface area contributed by atoms with Crippen LogP contribution in [-0.2, 0) is 65.4 Å². The van der Waals surface area contributed by atoms with Crippen LogP contribution in [0.25, 0.3) is 0 Å². The van der Waals surface area contributed by atoms with Crippen LogP contribution in [-0.4, -0.2) is 96.7 Å². The Morgan fingerprint density at radius 1 is 0.264 bits per heavy atom. The second-order valence-corrected chi connectivity index (χ2v) is 29.5. The van der Waals surface area contributed by atoms with E-state index in [4.69, 9.17) is 37.0 Å². The molecule has 0 spiro atoms. The summed E-state index contributed by atoms with van der Waals surface area (Å²) in [7, 11) is -10.0. The number of carbonyl (C=O) groups is 4. The molecule has 0 aliphatic heterocycles. The van der Waals surface area contributed by atoms with E-state index in [1.54, 1.807) is 0 Å². The molecule has 19 heteroatoms. The van der Waals surface area contributed by atoms with Crippen LogP contribution in [0.1, 0.15) is 285 Å². The maximum Gasteiger partial charge on any atom is 0.472 e. The molecular weight excluding hydrogens is 1430 g/mol. The molecule has 0 bridgehead atoms. The Hall–Kier alpha value is -6.36. The lowest BCUT2D eigenvalue weighted by Gasteiger charge is -2.21. The van der Waals surface area contributed by atoms with Gasteiger partial charge in [0.15, 0.2) is 12.2 Å². The summed E-state index contributed by atoms with van der Waals surface area (Å²) < 4.78 is 68.4. The Balaban J connectivity index is 5.58. The number of phosphoric acid groups is 2. The van der Waals surface area contributed by atoms with E-state index in [-0.39, 0.29) is 25.7 Å². The average Bonchev–Trinajstić information content (AvgIpc) is 0.942. The number of esters is 4. The first-order valence-corrected chi connectivity index (χ1v) is 44.3. The summed E-state index contributed by atoms with van der Waals surface area (Å²) in [5.41, 5.74) is 0. The first-order valence-electron chi connectivity index (χ1n) is 41.3. The van der Waals surface area contributed by atoms with Gasteiger partial charge in [0, 0.05) is 25.7 Å². The average molecular weight is 1570 g/mol. The van der Waals surface area contributed by atoms with Crippen LogP contribution < -0.4 is 0 Å². The second kappa shape index (κ2) is 80.7. The van der Waals surface area contributed by atoms with Crippen LogP contribution in [0.15, 0.2) is 207 Å². The van der Waals surface area contributed by atoms with Crippen molar-refractivity contribution in [2.24, 2.45) is 0 Å². The molecule has 0 saturated heterocycles. The molecule has 620 valence electrons. The van der Waals surface area contributed by atoms with Crippen LogP contribution in [0.3, 0.4) is 0 Å². The predicted molar refractivity (Wildman–Crippen MR) is 454 cm³/mol. The highest BCUT2D eigenvalue weighted by Crippen LogP contribution is 2.45. The van der Waals surface area contributed by atoms with Crippen LogP contribution in [0.5, 0.6) is 0 Å². The van der Waals surface area contributed by atoms with Crippen molar-refractivity contribution in [3.8, 4) is 0 Å². The number of aliphatic hydroxyl groups excluding tert-OH is 1. The van der Waals surface area contributed by atoms with Crippen LogP contribution in [0.2, 0.25) is 0 Å². The van der Waals surface area contributed by atoms with E-state index in [9.17, 15) is 43.2 Å². The third kappa shape index (κ3) is 79.7. The number of aliphatic hydroxyl groups is 1. The number of allylic oxidation sites excluding steroid dienone is 34. The van der Waals surface area contributed by atoms with Gasteiger partial charge in [0.1, 0.15) is 19.3 Å². The standard InChI is InChI=1S/C91H144O17P2/c1-5-9-13-17-21-25-29-33-36-39-42-45-48-52-55-59-63-67-71-75-88(93)101-81-86(107-90(95)77-73-69-65-61-57-51-32-28-24-20-16-12-8-4)83-105-109(97,98)103-79-85(92)80-104-110(99,100)106-84-87(108-91(96)78-74-70-66-62-58-54-50-47-44-41-38-35-31-27-23-19-15-11-7-3)82-102-89(94)76-72-68-64-60-56-53-49-46-43-40-37-34-30-26-22-18-14-10-6-2/h9,11,13,15,21-23,25-27,33-38,42-47,52-56,58,63-64,66-68,70,85-87,92H,5-8,10,12,14,16-20,24,28-32,39-41,48-51,57,59-62,65,69,71-84H2,1-4H3,(H,97,98)(H,99,100)/b13-9-,15-11-,25-21-,26-22-,27-23-,36-33-,37-34-,38-35-,45-42-,46-43-,47-44-,55-52-,56-53-,58-54-,67-63-,68-64-,70-66-/t85-,86-,87-/m1/s1. The molecule has 0 fully saturated rings. The Kier molecular flexibility index (Phi) is 76.0. The van der Waals surface area contributed by atoms with E-state index < -0.39 is 97.5 Å². The molecule has 0 aromatic carbocycles. The smallest absolute Gasteiger partial charge is 0.462 e. The van der Waals surface area contributed by atoms with Crippen molar-refractivity contribution in [2.75, 3.05) is 39.6 Å². The number of rotatable bonds is 75. The Morgan fingerprint density at radius 2 is 0.491 bits per heavy atom. The Labute approximate surface area is 665 Å². The molecule has 0 rings (SSSR count). The maximum atomic E-state index is 13.1. The van der Waals surface area contributed by atoms with Crippen molar-refractivity contribution < 1.29 is 80.2 Å². The molecule has 17 nitrogen and oxygen atoms in total. The maximum absolute atomic E-state index is 13.1. The summed E-state index contributed by atoms with van der Waals surface area (Å²) in [5.74, 6) is -2.49. The van der Waals surface area contributed by atoms with Crippen molar-refractivity contribution in [3.05, 3.63) is 207 Å². The molecule has 2 unspecified atom stereocenters. The van der Waals surface area contributed by atoms with E-state index in [1.165, 1.54) is 70.6 Å². The molecule has 0 radical (unpaired) electrons. The summed E-state index contributed by atoms with van der Waals surface area (Å²) in [6.07, 6.45) is 101. The van der Waals surface area contributed by atoms with Crippen LogP contribution in [0.4, 0.5) is 0 Å². The quantitative estimate of drug-likeness (QED) is 0.0169. The lowest BCUT2D eigenvalue weighted by molar-refractivity contribution is -0.161. The van der Waals surface area contributed by atoms with Gasteiger partial charge < -0.3 is 33.8 Å². The zero-order valence-corrected chi connectivity index (χ0v) is 69.6. The van der Waals surface area contributed by atoms with Crippen molar-refractivity contribution in [1.29, 1.82) is 0 Å². The lowest BCUT2D eigenvalue weighted by atomic mass is 10.0. The van der Waals surface area contributed by atoms with E-state index in [0.29, 0.717) is 44.9 Å². The molecule has 0 heterocycles. The fourth-order valence-electron chi connectivity index (χ4n) is 10.1. The molecule has 0 aromatic heterocycles. The minimum absolute atomic E-state index is 0.0125. The van der Waals surface area contributed by atoms with E-state index in [0.717, 1.165) is 116 Å². The van der Waals surface area contributed by atoms with Gasteiger partial charge in [0.2, 0.25) is 0 Å². The van der Waals surface area contributed by atoms with Gasteiger partial charge in [-0.05, 0) is 141 Å². The predicted octanol–water partition coefficient (Wildman–Crippen LogP) is 24.7. The van der Waals surface area contributed by atoms with Crippen molar-refractivity contribution >= 4 is 39.5 Å². The number of hydrogen-bond donors (Lipinski definition) is 3. The first kappa shape index (κ1) is 104. The van der Waals surface area contributed by atoms with Gasteiger partial charge in [-0.1, -0.05) is 324 Å². The van der Waals surface area contributed by atoms with E-state index >= 15 is 0 Å². The molecular formula is C91H144O17P2. The third-order valence-corrected chi connectivity index (χ3v) is 18.2. The number of ether oxygens (including phenoxy) is 4. The lowest BCUT2D eigenvalue weighted by Crippen LogP contribution is -2.30. The fourth-order valence-corrected chi connectivity index (χ4v) is 11.7. The molecule has 0 aromatic rings. The third-order valence-electron chi connectivity index (χ3n) is 16.3. The first-order chi connectivity index (χ1) is 53.7. The molecule has 0 saturated carbocycles. The minimum atomic E-state index is -5.03. The van der Waals surface area contributed by atoms with E-state index in [2.05, 4.69) is 180 Å². The molecule has 0 aliphatic rings. The zero-order chi connectivity index (χ0) is 80.3. The van der Waals surface area contributed by atoms with Gasteiger partial charge in [-0.2, -0.15) is 0 Å². The highest BCUT2D eigenvalue weighted by Gasteiger charge is 2.30. The summed E-state index contributed by atoms with van der Waals surface area (Å²) in [4.78, 5) is 73.0. The summed E-state index contributed by atoms with van der Waals surface area (Å²) in [5, 5.41) is 10.7. The Bertz CT molecular complexity index is 2900. The zero-order valence-electron chi connectivity index (χ0n) is 67.8. The number of hydrogen-bond acceptors (Lipinski definition) is 15. The number of carbonyl (C=O) groups excluding carboxylic acids is 4. The largest absolute Gasteiger partial charge is 0.472 e. The van der Waals surface area contributed by atoms with Gasteiger partial charge >= 0.3 is 39.5 Å². The second-order valence-electron chi connectivity index (χ2n) is 26.6. The summed E-state index contributed by atoms with van der Waals surface area (Å²) >= 11 is 0. The van der Waals surface area contributed by atoms with Crippen LogP contribution in [0, 0.1) is 0 Å². The SMILES string of the molecule is CC/C=C\C/C=C\C/C=C\C/C=C\C/C=C\C/C=C\CCC(=O)OC[C@H](COP(=O)(O)OC[C@@H](O)COP(=O)(O)OC[C@@H](COC(=O)CC/C=C\C/C=C\C/C=C\C/C=C\C/C=C\CCCCC)OC(=O)CC/C=C\C/C=C\C/C=C\C/C=C\C/C=C\C/C=C\CC)OC(=O)CCCCCCCCCCCCCCC. The summed E-state index contributed by atoms with van der Waals surface area (Å²) in [6, 6.07) is 0. The van der Waals surface area contributed by atoms with Gasteiger partial charge in [0.05, 0.1) is 26.4 Å². The normalized spacial score (nSPS) is 14.9. The molecule has 3 N–H and O–H groups in total. The highest BCUT2D eigenvalue weighted by atomic mass is 31.2. The fraction of sp³-hybridized carbons (Fsp3) is 0.582. The van der Waals surface area contributed by atoms with Crippen molar-refractivity contribution in [3.63, 3.8) is 0 Å². The van der Waals surface area contributed by atoms with E-state index in [1.807, 2.05) is 54.7 Å². The highest BCUT2D eigenvalue weighted by molar-refractivity contribution is 7.47. The van der Waals surface area contributed by atoms with Crippen molar-refractivity contribution in [1.82, 2.24) is 0 Å². The number of phosphoric ester groups is 2. The van der Waals surface area contributed by atoms with Gasteiger partial charge in [-0.15, -0.1) is 0 Å². The monoisotopic (exact) mass is 1570 g/mol. The van der Waals surface area contributed by atoms with Crippen LogP contribution >= 0.6 is 15.6 Å². The molecule has 110 heavy (non-hydrogen) atoms. The van der Waals surface area contributed by atoms with Crippen molar-refractivity contribution in [2.45, 2.75) is 303 Å². The van der Waals surface area contributed by atoms with Gasteiger partial charge in [-0.25, -0.2) is 9.13 Å². The van der Waals surface area contributed by atoms with Gasteiger partial charge in [-0.3, -0.25) is 37.3 Å². The van der Waals surface area contributed by atoms with Gasteiger partial charge in [0.25, 0.3) is 0 Å².